The van der Waals surface area contributed by atoms with Crippen molar-refractivity contribution in [3.05, 3.63) is 24.0 Å². The molecule has 2 aliphatic heterocycles. The molecule has 0 aromatic carbocycles. The van der Waals surface area contributed by atoms with Crippen LogP contribution in [-0.2, 0) is 21.6 Å². The van der Waals surface area contributed by atoms with Gasteiger partial charge in [0.2, 0.25) is 0 Å². The van der Waals surface area contributed by atoms with Crippen LogP contribution in [0, 0.1) is 11.8 Å². The highest BCUT2D eigenvalue weighted by Gasteiger charge is 2.62. The van der Waals surface area contributed by atoms with Gasteiger partial charge in [-0.25, -0.2) is 8.42 Å². The minimum Gasteiger partial charge on any atom is -0.381 e. The number of likely N-dealkylation sites (tertiary alicyclic amines) is 1. The lowest BCUT2D eigenvalue weighted by Crippen LogP contribution is -2.68. The summed E-state index contributed by atoms with van der Waals surface area (Å²) < 4.78 is 32.0. The molecule has 1 atom stereocenters. The van der Waals surface area contributed by atoms with E-state index in [4.69, 9.17) is 4.74 Å². The summed E-state index contributed by atoms with van der Waals surface area (Å²) in [5.41, 5.74) is 0.599. The van der Waals surface area contributed by atoms with Crippen molar-refractivity contribution in [3.63, 3.8) is 0 Å². The lowest BCUT2D eigenvalue weighted by molar-refractivity contribution is 0.0223. The Labute approximate surface area is 142 Å². The average molecular weight is 352 g/mol. The fraction of sp³-hybridized carbons (Fsp3) is 0.706. The van der Waals surface area contributed by atoms with Crippen LogP contribution >= 0.6 is 0 Å². The number of carbonyl (C=O) groups is 1. The van der Waals surface area contributed by atoms with E-state index in [1.165, 1.54) is 12.8 Å². The molecule has 132 valence electrons. The molecule has 3 fully saturated rings. The van der Waals surface area contributed by atoms with Crippen LogP contribution in [0.1, 0.15) is 29.8 Å². The molecular weight excluding hydrogens is 328 g/mol. The molecule has 0 unspecified atom stereocenters. The number of aromatic nitrogens is 1. The second kappa shape index (κ2) is 5.59. The summed E-state index contributed by atoms with van der Waals surface area (Å²) in [6.07, 6.45) is 4.93. The monoisotopic (exact) mass is 352 g/mol. The molecule has 7 heteroatoms. The van der Waals surface area contributed by atoms with E-state index in [9.17, 15) is 13.2 Å². The predicted molar refractivity (Wildman–Crippen MR) is 89.5 cm³/mol. The molecule has 24 heavy (non-hydrogen) atoms. The van der Waals surface area contributed by atoms with Gasteiger partial charge in [-0.2, -0.15) is 0 Å². The Balaban J connectivity index is 1.44. The van der Waals surface area contributed by atoms with Crippen LogP contribution in [0.4, 0.5) is 0 Å². The molecule has 1 aromatic heterocycles. The van der Waals surface area contributed by atoms with Gasteiger partial charge in [-0.3, -0.25) is 4.79 Å². The van der Waals surface area contributed by atoms with Crippen molar-refractivity contribution < 1.29 is 17.9 Å². The van der Waals surface area contributed by atoms with Crippen LogP contribution in [0.25, 0.3) is 0 Å². The molecular formula is C17H24N2O4S. The van der Waals surface area contributed by atoms with E-state index in [1.54, 1.807) is 15.5 Å². The van der Waals surface area contributed by atoms with Gasteiger partial charge in [0.15, 0.2) is 9.84 Å². The molecule has 1 saturated carbocycles. The summed E-state index contributed by atoms with van der Waals surface area (Å²) in [7, 11) is -1.34. The fourth-order valence-electron chi connectivity index (χ4n) is 3.96. The topological polar surface area (TPSA) is 68.6 Å². The van der Waals surface area contributed by atoms with Crippen LogP contribution in [0.5, 0.6) is 0 Å². The van der Waals surface area contributed by atoms with Crippen LogP contribution in [-0.4, -0.2) is 60.6 Å². The Hall–Kier alpha value is -1.34. The van der Waals surface area contributed by atoms with E-state index in [-0.39, 0.29) is 17.6 Å². The first-order chi connectivity index (χ1) is 11.4. The van der Waals surface area contributed by atoms with Crippen LogP contribution in [0.2, 0.25) is 0 Å². The third-order valence-electron chi connectivity index (χ3n) is 5.84. The van der Waals surface area contributed by atoms with Gasteiger partial charge in [-0.1, -0.05) is 0 Å². The SMILES string of the molecule is Cn1cccc1C(=O)N1CC2(C1)[C@@H](COCC1CC1)CCS2(=O)=O. The maximum absolute atomic E-state index is 12.6. The average Bonchev–Trinajstić information content (AvgIpc) is 3.14. The number of carbonyl (C=O) groups excluding carboxylic acids is 1. The highest BCUT2D eigenvalue weighted by Crippen LogP contribution is 2.45. The van der Waals surface area contributed by atoms with Crippen LogP contribution in [0.3, 0.4) is 0 Å². The van der Waals surface area contributed by atoms with Crippen LogP contribution in [0.15, 0.2) is 18.3 Å². The fourth-order valence-corrected chi connectivity index (χ4v) is 6.36. The zero-order valence-corrected chi connectivity index (χ0v) is 14.8. The van der Waals surface area contributed by atoms with Gasteiger partial charge in [-0.05, 0) is 37.3 Å². The van der Waals surface area contributed by atoms with Gasteiger partial charge < -0.3 is 14.2 Å². The summed E-state index contributed by atoms with van der Waals surface area (Å²) in [4.78, 5) is 14.2. The normalized spacial score (nSPS) is 27.4. The molecule has 3 aliphatic rings. The van der Waals surface area contributed by atoms with Crippen molar-refractivity contribution >= 4 is 15.7 Å². The number of hydrogen-bond acceptors (Lipinski definition) is 4. The molecule has 1 amide bonds. The van der Waals surface area contributed by atoms with Crippen molar-refractivity contribution in [1.29, 1.82) is 0 Å². The molecule has 3 heterocycles. The van der Waals surface area contributed by atoms with Crippen molar-refractivity contribution in [3.8, 4) is 0 Å². The number of ether oxygens (including phenoxy) is 1. The first-order valence-corrected chi connectivity index (χ1v) is 10.3. The first-order valence-electron chi connectivity index (χ1n) is 8.64. The molecule has 1 spiro atoms. The number of aryl methyl sites for hydroxylation is 1. The molecule has 2 saturated heterocycles. The first kappa shape index (κ1) is 16.1. The second-order valence-electron chi connectivity index (χ2n) is 7.52. The minimum absolute atomic E-state index is 0.0127. The summed E-state index contributed by atoms with van der Waals surface area (Å²) in [5.74, 6) is 0.818. The van der Waals surface area contributed by atoms with E-state index in [0.29, 0.717) is 37.7 Å². The lowest BCUT2D eigenvalue weighted by atomic mass is 9.83. The van der Waals surface area contributed by atoms with Crippen molar-refractivity contribution in [1.82, 2.24) is 9.47 Å². The van der Waals surface area contributed by atoms with Gasteiger partial charge in [0, 0.05) is 38.9 Å². The van der Waals surface area contributed by atoms with E-state index < -0.39 is 14.6 Å². The molecule has 6 nitrogen and oxygen atoms in total. The Kier molecular flexibility index (Phi) is 3.76. The van der Waals surface area contributed by atoms with Crippen molar-refractivity contribution in [2.75, 3.05) is 32.1 Å². The molecule has 0 N–H and O–H groups in total. The van der Waals surface area contributed by atoms with Gasteiger partial charge in [0.1, 0.15) is 10.4 Å². The number of nitrogens with zero attached hydrogens (tertiary/aromatic N) is 2. The predicted octanol–water partition coefficient (Wildman–Crippen LogP) is 1.08. The van der Waals surface area contributed by atoms with E-state index >= 15 is 0 Å². The van der Waals surface area contributed by atoms with Crippen molar-refractivity contribution in [2.45, 2.75) is 24.0 Å². The number of sulfone groups is 1. The zero-order chi connectivity index (χ0) is 16.9. The Morgan fingerprint density at radius 1 is 1.29 bits per heavy atom. The van der Waals surface area contributed by atoms with Crippen LogP contribution < -0.4 is 0 Å². The van der Waals surface area contributed by atoms with E-state index in [0.717, 1.165) is 6.61 Å². The number of hydrogen-bond donors (Lipinski definition) is 0. The number of amides is 1. The van der Waals surface area contributed by atoms with E-state index in [1.807, 2.05) is 19.3 Å². The van der Waals surface area contributed by atoms with Crippen molar-refractivity contribution in [2.24, 2.45) is 18.9 Å². The van der Waals surface area contributed by atoms with E-state index in [2.05, 4.69) is 0 Å². The quantitative estimate of drug-likeness (QED) is 0.795. The summed E-state index contributed by atoms with van der Waals surface area (Å²) in [6.45, 7) is 1.86. The highest BCUT2D eigenvalue weighted by molar-refractivity contribution is 7.93. The molecule has 1 aromatic rings. The third-order valence-corrected chi connectivity index (χ3v) is 8.44. The maximum Gasteiger partial charge on any atom is 0.270 e. The van der Waals surface area contributed by atoms with Gasteiger partial charge in [-0.15, -0.1) is 0 Å². The summed E-state index contributed by atoms with van der Waals surface area (Å²) in [5, 5.41) is 0. The van der Waals surface area contributed by atoms with Gasteiger partial charge in [0.25, 0.3) is 5.91 Å². The van der Waals surface area contributed by atoms with Gasteiger partial charge in [0.05, 0.1) is 12.4 Å². The number of rotatable bonds is 5. The minimum atomic E-state index is -3.16. The molecule has 0 radical (unpaired) electrons. The Bertz CT molecular complexity index is 744. The largest absolute Gasteiger partial charge is 0.381 e. The molecule has 1 aliphatic carbocycles. The summed E-state index contributed by atoms with van der Waals surface area (Å²) in [6, 6.07) is 3.59. The summed E-state index contributed by atoms with van der Waals surface area (Å²) >= 11 is 0. The molecule has 0 bridgehead atoms. The highest BCUT2D eigenvalue weighted by atomic mass is 32.2. The zero-order valence-electron chi connectivity index (χ0n) is 14.0. The Morgan fingerprint density at radius 2 is 2.04 bits per heavy atom. The molecule has 4 rings (SSSR count). The Morgan fingerprint density at radius 3 is 2.67 bits per heavy atom. The smallest absolute Gasteiger partial charge is 0.270 e. The maximum atomic E-state index is 12.6. The third kappa shape index (κ3) is 2.49. The lowest BCUT2D eigenvalue weighted by Gasteiger charge is -2.49. The standard InChI is InChI=1S/C17H24N2O4S/c1-18-7-2-3-15(18)16(20)19-11-17(12-19)14(6-8-24(17,21)22)10-23-9-13-4-5-13/h2-3,7,13-14H,4-6,8-12H2,1H3/t14-/m1/s1. The second-order valence-corrected chi connectivity index (χ2v) is 9.97. The van der Waals surface area contributed by atoms with Gasteiger partial charge >= 0.3 is 0 Å².